The number of carbonyl (C=O) groups is 2. The number of halogens is 1. The molecule has 0 radical (unpaired) electrons. The lowest BCUT2D eigenvalue weighted by molar-refractivity contribution is -0.384. The van der Waals surface area contributed by atoms with Crippen LogP contribution in [0.3, 0.4) is 0 Å². The van der Waals surface area contributed by atoms with Crippen LogP contribution in [0.15, 0.2) is 58.9 Å². The van der Waals surface area contributed by atoms with E-state index in [4.69, 9.17) is 30.5 Å². The van der Waals surface area contributed by atoms with E-state index in [1.165, 1.54) is 19.2 Å². The fourth-order valence-corrected chi connectivity index (χ4v) is 5.32. The second kappa shape index (κ2) is 11.9. The van der Waals surface area contributed by atoms with Gasteiger partial charge in [-0.1, -0.05) is 23.7 Å². The number of nitrogens with zero attached hydrogens (tertiary/aromatic N) is 1. The number of hydrogen-bond acceptors (Lipinski definition) is 9. The number of nitro benzene ring substituents is 1. The summed E-state index contributed by atoms with van der Waals surface area (Å²) in [5.74, 6) is -0.707. The maximum atomic E-state index is 13.8. The van der Waals surface area contributed by atoms with Crippen molar-refractivity contribution in [2.75, 3.05) is 34.5 Å². The van der Waals surface area contributed by atoms with E-state index in [0.717, 1.165) is 5.56 Å². The van der Waals surface area contributed by atoms with Crippen LogP contribution in [-0.2, 0) is 19.1 Å². The van der Waals surface area contributed by atoms with Crippen LogP contribution in [0.4, 0.5) is 5.69 Å². The molecule has 0 spiro atoms. The molecule has 2 aromatic carbocycles. The average Bonchev–Trinajstić information content (AvgIpc) is 2.91. The highest BCUT2D eigenvalue weighted by Crippen LogP contribution is 2.47. The van der Waals surface area contributed by atoms with Crippen LogP contribution in [0.1, 0.15) is 42.7 Å². The van der Waals surface area contributed by atoms with Gasteiger partial charge in [0.2, 0.25) is 0 Å². The zero-order valence-corrected chi connectivity index (χ0v) is 22.8. The number of hydrogen-bond donors (Lipinski definition) is 1. The monoisotopic (exact) mass is 556 g/mol. The van der Waals surface area contributed by atoms with Gasteiger partial charge in [-0.25, -0.2) is 4.79 Å². The van der Waals surface area contributed by atoms with E-state index in [9.17, 15) is 19.7 Å². The summed E-state index contributed by atoms with van der Waals surface area (Å²) >= 11 is 6.07. The van der Waals surface area contributed by atoms with E-state index in [0.29, 0.717) is 40.5 Å². The van der Waals surface area contributed by atoms with Crippen molar-refractivity contribution in [3.05, 3.63) is 85.2 Å². The van der Waals surface area contributed by atoms with E-state index in [2.05, 4.69) is 5.32 Å². The van der Waals surface area contributed by atoms with Crippen molar-refractivity contribution in [2.45, 2.75) is 31.6 Å². The Morgan fingerprint density at radius 3 is 2.44 bits per heavy atom. The number of ketones is 1. The third-order valence-electron chi connectivity index (χ3n) is 6.95. The van der Waals surface area contributed by atoms with Gasteiger partial charge in [-0.2, -0.15) is 0 Å². The van der Waals surface area contributed by atoms with Gasteiger partial charge in [-0.3, -0.25) is 14.9 Å². The van der Waals surface area contributed by atoms with E-state index >= 15 is 0 Å². The first kappa shape index (κ1) is 28.1. The van der Waals surface area contributed by atoms with Crippen LogP contribution >= 0.6 is 11.6 Å². The highest BCUT2D eigenvalue weighted by molar-refractivity contribution is 6.32. The van der Waals surface area contributed by atoms with E-state index in [1.807, 2.05) is 12.1 Å². The number of benzene rings is 2. The third-order valence-corrected chi connectivity index (χ3v) is 7.27. The number of ether oxygens (including phenoxy) is 4. The fourth-order valence-electron chi connectivity index (χ4n) is 5.13. The minimum absolute atomic E-state index is 0.0147. The average molecular weight is 557 g/mol. The smallest absolute Gasteiger partial charge is 0.336 e. The Hall–Kier alpha value is -3.89. The van der Waals surface area contributed by atoms with Crippen molar-refractivity contribution in [2.24, 2.45) is 0 Å². The van der Waals surface area contributed by atoms with Gasteiger partial charge in [0.1, 0.15) is 11.6 Å². The molecule has 1 heterocycles. The molecule has 2 aliphatic rings. The van der Waals surface area contributed by atoms with Gasteiger partial charge in [0.15, 0.2) is 17.3 Å². The highest BCUT2D eigenvalue weighted by Gasteiger charge is 2.42. The number of esters is 1. The summed E-state index contributed by atoms with van der Waals surface area (Å²) in [5.41, 5.74) is 2.73. The molecule has 1 aliphatic heterocycles. The Labute approximate surface area is 230 Å². The number of rotatable bonds is 9. The van der Waals surface area contributed by atoms with Crippen molar-refractivity contribution in [1.82, 2.24) is 5.32 Å². The van der Waals surface area contributed by atoms with Crippen molar-refractivity contribution < 1.29 is 33.5 Å². The lowest BCUT2D eigenvalue weighted by Gasteiger charge is -2.36. The summed E-state index contributed by atoms with van der Waals surface area (Å²) in [4.78, 5) is 38.1. The van der Waals surface area contributed by atoms with Crippen molar-refractivity contribution in [3.8, 4) is 11.5 Å². The van der Waals surface area contributed by atoms with Crippen LogP contribution in [-0.4, -0.2) is 51.2 Å². The normalized spacial score (nSPS) is 18.8. The first-order chi connectivity index (χ1) is 18.7. The number of methoxy groups -OCH3 is 3. The number of allylic oxidation sites excluding steroid dienone is 3. The van der Waals surface area contributed by atoms with Gasteiger partial charge in [-0.05, 0) is 48.6 Å². The maximum Gasteiger partial charge on any atom is 0.336 e. The summed E-state index contributed by atoms with van der Waals surface area (Å²) in [5, 5.41) is 14.9. The Bertz CT molecular complexity index is 1380. The molecule has 0 saturated carbocycles. The molecule has 39 heavy (non-hydrogen) atoms. The van der Waals surface area contributed by atoms with Crippen LogP contribution < -0.4 is 14.8 Å². The molecule has 0 fully saturated rings. The minimum atomic E-state index is -0.869. The summed E-state index contributed by atoms with van der Waals surface area (Å²) in [7, 11) is 4.59. The van der Waals surface area contributed by atoms with Crippen molar-refractivity contribution in [3.63, 3.8) is 0 Å². The molecule has 0 saturated heterocycles. The quantitative estimate of drug-likeness (QED) is 0.200. The maximum absolute atomic E-state index is 13.8. The molecule has 11 heteroatoms. The summed E-state index contributed by atoms with van der Waals surface area (Å²) in [6, 6.07) is 9.86. The van der Waals surface area contributed by atoms with Crippen molar-refractivity contribution >= 4 is 29.0 Å². The third kappa shape index (κ3) is 5.62. The van der Waals surface area contributed by atoms with Gasteiger partial charge >= 0.3 is 5.97 Å². The Morgan fingerprint density at radius 2 is 1.77 bits per heavy atom. The van der Waals surface area contributed by atoms with Crippen molar-refractivity contribution in [1.29, 1.82) is 0 Å². The number of nitro groups is 1. The molecule has 2 atom stereocenters. The standard InChI is InChI=1S/C28H29ClN2O8/c1-15-25(28(33)39-10-9-36-2)26(17-5-7-19(29)21(12-17)31(34)35)27-20(30-15)11-18(13-22(27)32)16-6-8-23(37-3)24(14-16)38-4/h5-8,12,14,18,26,30H,9-11,13H2,1-4H3/t18-,26-/m1/s1. The molecule has 10 nitrogen and oxygen atoms in total. The van der Waals surface area contributed by atoms with Gasteiger partial charge < -0.3 is 24.3 Å². The van der Waals surface area contributed by atoms with Crippen LogP contribution in [0.2, 0.25) is 5.02 Å². The van der Waals surface area contributed by atoms with Crippen LogP contribution in [0.25, 0.3) is 0 Å². The van der Waals surface area contributed by atoms with Gasteiger partial charge in [0.05, 0.1) is 31.3 Å². The van der Waals surface area contributed by atoms with Gasteiger partial charge in [-0.15, -0.1) is 0 Å². The van der Waals surface area contributed by atoms with Crippen LogP contribution in [0.5, 0.6) is 11.5 Å². The second-order valence-electron chi connectivity index (χ2n) is 9.23. The van der Waals surface area contributed by atoms with Crippen LogP contribution in [0, 0.1) is 10.1 Å². The topological polar surface area (TPSA) is 126 Å². The first-order valence-corrected chi connectivity index (χ1v) is 12.6. The summed E-state index contributed by atoms with van der Waals surface area (Å²) in [6.45, 7) is 1.93. The SMILES string of the molecule is COCCOC(=O)C1=C(C)NC2=C(C(=O)C[C@H](c3ccc(OC)c(OC)c3)C2)[C@@H]1c1ccc(Cl)c([N+](=O)[O-])c1. The summed E-state index contributed by atoms with van der Waals surface area (Å²) in [6.07, 6.45) is 0.652. The molecular weight excluding hydrogens is 528 g/mol. The Morgan fingerprint density at radius 1 is 1.05 bits per heavy atom. The fraction of sp³-hybridized carbons (Fsp3) is 0.357. The molecule has 0 bridgehead atoms. The number of Topliss-reactive ketones (excluding diaryl/α,β-unsaturated/α-hetero) is 1. The highest BCUT2D eigenvalue weighted by atomic mass is 35.5. The van der Waals surface area contributed by atoms with E-state index in [1.54, 1.807) is 33.3 Å². The Kier molecular flexibility index (Phi) is 8.57. The number of carbonyl (C=O) groups excluding carboxylic acids is 2. The zero-order chi connectivity index (χ0) is 28.3. The molecule has 4 rings (SSSR count). The van der Waals surface area contributed by atoms with E-state index < -0.39 is 16.8 Å². The predicted octanol–water partition coefficient (Wildman–Crippen LogP) is 4.82. The first-order valence-electron chi connectivity index (χ1n) is 12.3. The zero-order valence-electron chi connectivity index (χ0n) is 22.0. The Balaban J connectivity index is 1.79. The molecule has 1 aliphatic carbocycles. The molecule has 1 N–H and O–H groups in total. The number of nitrogens with one attached hydrogen (secondary N) is 1. The molecule has 0 aromatic heterocycles. The molecule has 206 valence electrons. The lowest BCUT2D eigenvalue weighted by Crippen LogP contribution is -2.36. The molecular formula is C28H29ClN2O8. The number of dihydropyridines is 1. The van der Waals surface area contributed by atoms with E-state index in [-0.39, 0.29) is 47.6 Å². The summed E-state index contributed by atoms with van der Waals surface area (Å²) < 4.78 is 21.2. The molecule has 2 aromatic rings. The minimum Gasteiger partial charge on any atom is -0.493 e. The predicted molar refractivity (Wildman–Crippen MR) is 143 cm³/mol. The lowest BCUT2D eigenvalue weighted by atomic mass is 9.71. The molecule has 0 unspecified atom stereocenters. The second-order valence-corrected chi connectivity index (χ2v) is 9.64. The largest absolute Gasteiger partial charge is 0.493 e. The van der Waals surface area contributed by atoms with Gasteiger partial charge in [0.25, 0.3) is 5.69 Å². The van der Waals surface area contributed by atoms with Gasteiger partial charge in [0, 0.05) is 42.5 Å². The molecule has 0 amide bonds.